The number of halogens is 3. The van der Waals surface area contributed by atoms with Crippen LogP contribution in [-0.2, 0) is 11.3 Å². The lowest BCUT2D eigenvalue weighted by molar-refractivity contribution is -0.114. The van der Waals surface area contributed by atoms with Crippen LogP contribution >= 0.6 is 11.6 Å². The van der Waals surface area contributed by atoms with Crippen molar-refractivity contribution in [3.8, 4) is 5.75 Å². The van der Waals surface area contributed by atoms with Crippen molar-refractivity contribution in [2.45, 2.75) is 75.5 Å². The molecule has 12 heteroatoms. The Bertz CT molecular complexity index is 1590. The van der Waals surface area contributed by atoms with E-state index in [4.69, 9.17) is 26.1 Å². The number of anilines is 4. The molecule has 0 radical (unpaired) electrons. The van der Waals surface area contributed by atoms with Crippen molar-refractivity contribution in [2.24, 2.45) is 11.8 Å². The fourth-order valence-corrected chi connectivity index (χ4v) is 7.34. The average molecular weight is 599 g/mol. The second-order valence-corrected chi connectivity index (χ2v) is 12.9. The Balaban J connectivity index is 1.18. The zero-order valence-corrected chi connectivity index (χ0v) is 23.9. The van der Waals surface area contributed by atoms with E-state index in [-0.39, 0.29) is 54.7 Å². The van der Waals surface area contributed by atoms with Crippen LogP contribution in [0.5, 0.6) is 5.75 Å². The third kappa shape index (κ3) is 4.65. The van der Waals surface area contributed by atoms with Gasteiger partial charge in [-0.15, -0.1) is 0 Å². The highest BCUT2D eigenvalue weighted by Gasteiger charge is 2.45. The van der Waals surface area contributed by atoms with Crippen LogP contribution in [0, 0.1) is 11.8 Å². The van der Waals surface area contributed by atoms with Crippen molar-refractivity contribution >= 4 is 45.6 Å². The Morgan fingerprint density at radius 3 is 2.64 bits per heavy atom. The normalized spacial score (nSPS) is 26.6. The van der Waals surface area contributed by atoms with Crippen molar-refractivity contribution in [3.05, 3.63) is 39.8 Å². The van der Waals surface area contributed by atoms with Gasteiger partial charge in [0.1, 0.15) is 5.02 Å². The molecule has 2 aromatic heterocycles. The Hall–Kier alpha value is -3.18. The topological polar surface area (TPSA) is 93.5 Å². The third-order valence-electron chi connectivity index (χ3n) is 9.50. The first kappa shape index (κ1) is 26.4. The highest BCUT2D eigenvalue weighted by molar-refractivity contribution is 6.33. The highest BCUT2D eigenvalue weighted by Crippen LogP contribution is 2.45. The van der Waals surface area contributed by atoms with Gasteiger partial charge in [-0.2, -0.15) is 4.98 Å². The average Bonchev–Trinajstić information content (AvgIpc) is 3.78. The van der Waals surface area contributed by atoms with Crippen LogP contribution in [0.1, 0.15) is 44.9 Å². The molecule has 2 saturated heterocycles. The van der Waals surface area contributed by atoms with Crippen LogP contribution in [0.2, 0.25) is 5.02 Å². The summed E-state index contributed by atoms with van der Waals surface area (Å²) in [5, 5.41) is 8.21. The number of pyridine rings is 1. The minimum atomic E-state index is -2.65. The molecular weight excluding hydrogens is 566 g/mol. The van der Waals surface area contributed by atoms with E-state index < -0.39 is 5.92 Å². The molecule has 3 atom stereocenters. The first-order valence-corrected chi connectivity index (χ1v) is 15.3. The van der Waals surface area contributed by atoms with Gasteiger partial charge in [0.25, 0.3) is 5.56 Å². The number of alkyl halides is 2. The number of aromatic nitrogens is 3. The molecule has 8 rings (SSSR count). The summed E-state index contributed by atoms with van der Waals surface area (Å²) in [6.45, 7) is 1.99. The highest BCUT2D eigenvalue weighted by atomic mass is 35.5. The molecule has 3 aromatic rings. The first-order chi connectivity index (χ1) is 20.3. The summed E-state index contributed by atoms with van der Waals surface area (Å²) in [7, 11) is 0. The minimum Gasteiger partial charge on any atom is -0.486 e. The third-order valence-corrected chi connectivity index (χ3v) is 9.78. The van der Waals surface area contributed by atoms with Gasteiger partial charge < -0.3 is 29.6 Å². The first-order valence-electron chi connectivity index (χ1n) is 15.0. The Labute approximate surface area is 246 Å². The zero-order valence-electron chi connectivity index (χ0n) is 23.1. The lowest BCUT2D eigenvalue weighted by atomic mass is 9.81. The van der Waals surface area contributed by atoms with E-state index in [0.29, 0.717) is 53.7 Å². The second kappa shape index (κ2) is 9.94. The molecule has 0 amide bonds. The molecule has 5 heterocycles. The smallest absolute Gasteiger partial charge is 0.295 e. The number of morpholine rings is 1. The summed E-state index contributed by atoms with van der Waals surface area (Å²) in [5.41, 5.74) is 1.81. The molecule has 4 fully saturated rings. The maximum Gasteiger partial charge on any atom is 0.295 e. The summed E-state index contributed by atoms with van der Waals surface area (Å²) in [6.07, 6.45) is 6.42. The largest absolute Gasteiger partial charge is 0.486 e. The van der Waals surface area contributed by atoms with E-state index >= 15 is 0 Å². The monoisotopic (exact) mass is 598 g/mol. The van der Waals surface area contributed by atoms with Gasteiger partial charge in [-0.05, 0) is 55.7 Å². The molecule has 2 aliphatic carbocycles. The fraction of sp³-hybridized carbons (Fsp3) is 0.567. The predicted molar refractivity (Wildman–Crippen MR) is 157 cm³/mol. The summed E-state index contributed by atoms with van der Waals surface area (Å²) in [6, 6.07) is 6.43. The molecule has 5 aliphatic rings. The molecular formula is C30H33ClF2N6O3. The number of ether oxygens (including phenoxy) is 2. The van der Waals surface area contributed by atoms with Crippen LogP contribution in [0.15, 0.2) is 29.2 Å². The van der Waals surface area contributed by atoms with E-state index in [1.54, 1.807) is 10.8 Å². The molecule has 1 aromatic carbocycles. The number of hydrogen-bond donors (Lipinski definition) is 2. The summed E-state index contributed by atoms with van der Waals surface area (Å²) in [4.78, 5) is 25.3. The molecule has 3 unspecified atom stereocenters. The van der Waals surface area contributed by atoms with Gasteiger partial charge in [0.2, 0.25) is 17.6 Å². The summed E-state index contributed by atoms with van der Waals surface area (Å²) >= 11 is 6.57. The van der Waals surface area contributed by atoms with Crippen LogP contribution in [0.25, 0.3) is 10.9 Å². The van der Waals surface area contributed by atoms with Gasteiger partial charge in [0.15, 0.2) is 5.82 Å². The Morgan fingerprint density at radius 1 is 1.12 bits per heavy atom. The van der Waals surface area contributed by atoms with Gasteiger partial charge in [-0.3, -0.25) is 4.79 Å². The number of fused-ring (bicyclic) bond motifs is 5. The SMILES string of the molecule is O=c1c2c(c3cc(Nc4nc(N5C6CCC5COC6)ncc4Cl)ccc3n1CC1CC(F)(F)C1)NC(C1CC1)CCO2. The molecule has 3 aliphatic heterocycles. The van der Waals surface area contributed by atoms with Gasteiger partial charge in [-0.25, -0.2) is 13.8 Å². The molecule has 2 saturated carbocycles. The summed E-state index contributed by atoms with van der Waals surface area (Å²) in [5.74, 6) is -0.977. The Kier molecular flexibility index (Phi) is 6.26. The lowest BCUT2D eigenvalue weighted by Crippen LogP contribution is -2.46. The van der Waals surface area contributed by atoms with Gasteiger partial charge in [0.05, 0.1) is 49.3 Å². The van der Waals surface area contributed by atoms with E-state index in [0.717, 1.165) is 43.2 Å². The molecule has 42 heavy (non-hydrogen) atoms. The standard InChI is InChI=1S/C30H33ClF2N6O3/c31-22-12-34-29(39-19-4-5-20(39)15-41-14-19)37-27(22)35-18-3-6-24-21(9-18)25-26(42-8-7-23(36-25)17-1-2-17)28(40)38(24)13-16-10-30(32,33)11-16/h3,6,9,12,16-17,19-20,23,36H,1-2,4-5,7-8,10-11,13-15H2,(H,34,35,37). The van der Waals surface area contributed by atoms with E-state index in [2.05, 4.69) is 20.5 Å². The van der Waals surface area contributed by atoms with Gasteiger partial charge >= 0.3 is 0 Å². The minimum absolute atomic E-state index is 0.208. The molecule has 2 bridgehead atoms. The van der Waals surface area contributed by atoms with Crippen molar-refractivity contribution in [3.63, 3.8) is 0 Å². The molecule has 0 spiro atoms. The number of benzene rings is 1. The van der Waals surface area contributed by atoms with Crippen molar-refractivity contribution < 1.29 is 18.3 Å². The Morgan fingerprint density at radius 2 is 1.90 bits per heavy atom. The second-order valence-electron chi connectivity index (χ2n) is 12.5. The van der Waals surface area contributed by atoms with Crippen molar-refractivity contribution in [1.29, 1.82) is 0 Å². The number of rotatable bonds is 6. The van der Waals surface area contributed by atoms with Crippen LogP contribution in [0.3, 0.4) is 0 Å². The predicted octanol–water partition coefficient (Wildman–Crippen LogP) is 5.57. The zero-order chi connectivity index (χ0) is 28.6. The molecule has 9 nitrogen and oxygen atoms in total. The van der Waals surface area contributed by atoms with Crippen LogP contribution in [-0.4, -0.2) is 58.4 Å². The van der Waals surface area contributed by atoms with Crippen LogP contribution in [0.4, 0.5) is 31.9 Å². The van der Waals surface area contributed by atoms with Gasteiger partial charge in [-0.1, -0.05) is 11.6 Å². The number of nitrogens with zero attached hydrogens (tertiary/aromatic N) is 4. The van der Waals surface area contributed by atoms with Crippen LogP contribution < -0.4 is 25.8 Å². The maximum absolute atomic E-state index is 13.7. The lowest BCUT2D eigenvalue weighted by Gasteiger charge is -2.35. The maximum atomic E-state index is 13.7. The van der Waals surface area contributed by atoms with E-state index in [1.807, 2.05) is 18.2 Å². The quantitative estimate of drug-likeness (QED) is 0.380. The molecule has 222 valence electrons. The number of nitrogens with one attached hydrogen (secondary N) is 2. The molecule has 2 N–H and O–H groups in total. The summed E-state index contributed by atoms with van der Waals surface area (Å²) < 4.78 is 40.8. The van der Waals surface area contributed by atoms with E-state index in [9.17, 15) is 13.6 Å². The van der Waals surface area contributed by atoms with Crippen molar-refractivity contribution in [1.82, 2.24) is 14.5 Å². The van der Waals surface area contributed by atoms with Gasteiger partial charge in [0, 0.05) is 42.9 Å². The van der Waals surface area contributed by atoms with Crippen molar-refractivity contribution in [2.75, 3.05) is 35.4 Å². The fourth-order valence-electron chi connectivity index (χ4n) is 7.20. The van der Waals surface area contributed by atoms with E-state index in [1.165, 1.54) is 0 Å². The number of hydrogen-bond acceptors (Lipinski definition) is 8.